The molecule has 0 spiro atoms. The molecule has 0 atom stereocenters. The standard InChI is InChI=1S/C14H28O2/c1-3-5-7-8-9-11-13-16-14-15-12-10-6-4-2/h10,12H,3-9,11,13-14H2,1-2H3. The van der Waals surface area contributed by atoms with Crippen LogP contribution in [0.1, 0.15) is 65.2 Å². The molecule has 2 nitrogen and oxygen atoms in total. The summed E-state index contributed by atoms with van der Waals surface area (Å²) in [6.45, 7) is 5.62. The molecule has 0 saturated heterocycles. The second-order valence-electron chi connectivity index (χ2n) is 4.12. The van der Waals surface area contributed by atoms with Gasteiger partial charge in [-0.3, -0.25) is 0 Å². The molecule has 0 unspecified atom stereocenters. The second-order valence-corrected chi connectivity index (χ2v) is 4.12. The van der Waals surface area contributed by atoms with Gasteiger partial charge in [-0.2, -0.15) is 0 Å². The monoisotopic (exact) mass is 228 g/mol. The van der Waals surface area contributed by atoms with Crippen LogP contribution in [0.3, 0.4) is 0 Å². The van der Waals surface area contributed by atoms with E-state index >= 15 is 0 Å². The zero-order valence-electron chi connectivity index (χ0n) is 11.0. The van der Waals surface area contributed by atoms with Crippen LogP contribution in [0.15, 0.2) is 12.3 Å². The molecule has 0 radical (unpaired) electrons. The van der Waals surface area contributed by atoms with Crippen LogP contribution in [0.25, 0.3) is 0 Å². The minimum absolute atomic E-state index is 0.398. The molecular formula is C14H28O2. The second kappa shape index (κ2) is 14.5. The lowest BCUT2D eigenvalue weighted by molar-refractivity contribution is -0.0128. The van der Waals surface area contributed by atoms with Crippen LogP contribution < -0.4 is 0 Å². The van der Waals surface area contributed by atoms with Crippen LogP contribution in [0.2, 0.25) is 0 Å². The Kier molecular flexibility index (Phi) is 14.0. The fraction of sp³-hybridized carbons (Fsp3) is 0.857. The van der Waals surface area contributed by atoms with E-state index in [1.165, 1.54) is 38.5 Å². The maximum absolute atomic E-state index is 5.35. The first kappa shape index (κ1) is 15.5. The first-order valence-electron chi connectivity index (χ1n) is 6.76. The summed E-state index contributed by atoms with van der Waals surface area (Å²) in [5.41, 5.74) is 0. The summed E-state index contributed by atoms with van der Waals surface area (Å²) in [5, 5.41) is 0. The molecule has 0 saturated carbocycles. The Labute approximate surface area is 101 Å². The van der Waals surface area contributed by atoms with E-state index in [1.54, 1.807) is 6.26 Å². The van der Waals surface area contributed by atoms with E-state index in [9.17, 15) is 0 Å². The molecule has 0 rings (SSSR count). The number of hydrogen-bond acceptors (Lipinski definition) is 2. The van der Waals surface area contributed by atoms with Gasteiger partial charge in [-0.1, -0.05) is 52.4 Å². The molecule has 0 aromatic heterocycles. The van der Waals surface area contributed by atoms with Gasteiger partial charge in [0, 0.05) is 0 Å². The van der Waals surface area contributed by atoms with Crippen LogP contribution in [0.5, 0.6) is 0 Å². The molecule has 96 valence electrons. The van der Waals surface area contributed by atoms with E-state index in [0.717, 1.165) is 19.4 Å². The van der Waals surface area contributed by atoms with E-state index in [2.05, 4.69) is 13.8 Å². The van der Waals surface area contributed by atoms with Gasteiger partial charge < -0.3 is 9.47 Å². The van der Waals surface area contributed by atoms with Gasteiger partial charge in [-0.05, 0) is 18.9 Å². The van der Waals surface area contributed by atoms with Crippen LogP contribution in [-0.2, 0) is 9.47 Å². The number of rotatable bonds is 12. The molecule has 0 aliphatic heterocycles. The Morgan fingerprint density at radius 3 is 2.38 bits per heavy atom. The molecule has 0 aromatic rings. The lowest BCUT2D eigenvalue weighted by atomic mass is 10.1. The van der Waals surface area contributed by atoms with Crippen molar-refractivity contribution in [2.75, 3.05) is 13.4 Å². The van der Waals surface area contributed by atoms with Gasteiger partial charge in [0.25, 0.3) is 0 Å². The van der Waals surface area contributed by atoms with Crippen molar-refractivity contribution in [2.45, 2.75) is 65.2 Å². The quantitative estimate of drug-likeness (QED) is 0.275. The summed E-state index contributed by atoms with van der Waals surface area (Å²) in [7, 11) is 0. The average molecular weight is 228 g/mol. The van der Waals surface area contributed by atoms with Crippen molar-refractivity contribution < 1.29 is 9.47 Å². The van der Waals surface area contributed by atoms with Crippen LogP contribution in [-0.4, -0.2) is 13.4 Å². The van der Waals surface area contributed by atoms with E-state index < -0.39 is 0 Å². The third-order valence-electron chi connectivity index (χ3n) is 2.44. The van der Waals surface area contributed by atoms with Crippen molar-refractivity contribution in [3.8, 4) is 0 Å². The minimum Gasteiger partial charge on any atom is -0.475 e. The minimum atomic E-state index is 0.398. The van der Waals surface area contributed by atoms with Crippen molar-refractivity contribution >= 4 is 0 Å². The van der Waals surface area contributed by atoms with Gasteiger partial charge in [-0.15, -0.1) is 0 Å². The molecule has 0 heterocycles. The number of allylic oxidation sites excluding steroid dienone is 1. The molecule has 2 heteroatoms. The summed E-state index contributed by atoms with van der Waals surface area (Å²) in [6, 6.07) is 0. The number of hydrogen-bond donors (Lipinski definition) is 0. The zero-order valence-corrected chi connectivity index (χ0v) is 11.0. The van der Waals surface area contributed by atoms with Gasteiger partial charge >= 0.3 is 0 Å². The highest BCUT2D eigenvalue weighted by Gasteiger charge is 1.90. The summed E-state index contributed by atoms with van der Waals surface area (Å²) < 4.78 is 10.5. The molecule has 0 N–H and O–H groups in total. The first-order valence-corrected chi connectivity index (χ1v) is 6.76. The summed E-state index contributed by atoms with van der Waals surface area (Å²) in [6.07, 6.45) is 13.9. The highest BCUT2D eigenvalue weighted by atomic mass is 16.7. The fourth-order valence-corrected chi connectivity index (χ4v) is 1.43. The Balaban J connectivity index is 2.93. The predicted octanol–water partition coefficient (Wildman–Crippen LogP) is 4.65. The average Bonchev–Trinajstić information content (AvgIpc) is 2.31. The van der Waals surface area contributed by atoms with Crippen molar-refractivity contribution in [1.29, 1.82) is 0 Å². The van der Waals surface area contributed by atoms with Crippen molar-refractivity contribution in [2.24, 2.45) is 0 Å². The maximum atomic E-state index is 5.35. The highest BCUT2D eigenvalue weighted by molar-refractivity contribution is 4.71. The van der Waals surface area contributed by atoms with E-state index in [1.807, 2.05) is 6.08 Å². The van der Waals surface area contributed by atoms with Crippen LogP contribution in [0, 0.1) is 0 Å². The van der Waals surface area contributed by atoms with Gasteiger partial charge in [0.2, 0.25) is 0 Å². The normalized spacial score (nSPS) is 11.1. The van der Waals surface area contributed by atoms with Gasteiger partial charge in [0.15, 0.2) is 6.79 Å². The lowest BCUT2D eigenvalue weighted by Gasteiger charge is -2.03. The summed E-state index contributed by atoms with van der Waals surface area (Å²) in [4.78, 5) is 0. The number of unbranched alkanes of at least 4 members (excludes halogenated alkanes) is 6. The largest absolute Gasteiger partial charge is 0.475 e. The molecule has 0 aromatic carbocycles. The molecule has 0 bridgehead atoms. The zero-order chi connectivity index (χ0) is 11.9. The van der Waals surface area contributed by atoms with Gasteiger partial charge in [0.1, 0.15) is 0 Å². The molecular weight excluding hydrogens is 200 g/mol. The molecule has 0 fully saturated rings. The first-order chi connectivity index (χ1) is 7.91. The molecule has 0 amide bonds. The third-order valence-corrected chi connectivity index (χ3v) is 2.44. The van der Waals surface area contributed by atoms with Crippen molar-refractivity contribution in [1.82, 2.24) is 0 Å². The van der Waals surface area contributed by atoms with Gasteiger partial charge in [-0.25, -0.2) is 0 Å². The SMILES string of the molecule is CCCC=COCOCCCCCCCC. The molecule has 16 heavy (non-hydrogen) atoms. The Morgan fingerprint density at radius 2 is 1.62 bits per heavy atom. The van der Waals surface area contributed by atoms with Crippen LogP contribution >= 0.6 is 0 Å². The predicted molar refractivity (Wildman–Crippen MR) is 69.3 cm³/mol. The maximum Gasteiger partial charge on any atom is 0.188 e. The van der Waals surface area contributed by atoms with Crippen molar-refractivity contribution in [3.05, 3.63) is 12.3 Å². The number of ether oxygens (including phenoxy) is 2. The van der Waals surface area contributed by atoms with E-state index in [4.69, 9.17) is 9.47 Å². The molecule has 0 aliphatic carbocycles. The Morgan fingerprint density at radius 1 is 0.875 bits per heavy atom. The van der Waals surface area contributed by atoms with Gasteiger partial charge in [0.05, 0.1) is 12.9 Å². The summed E-state index contributed by atoms with van der Waals surface area (Å²) >= 11 is 0. The smallest absolute Gasteiger partial charge is 0.188 e. The third kappa shape index (κ3) is 13.5. The summed E-state index contributed by atoms with van der Waals surface area (Å²) in [5.74, 6) is 0. The Hall–Kier alpha value is -0.500. The van der Waals surface area contributed by atoms with Crippen LogP contribution in [0.4, 0.5) is 0 Å². The highest BCUT2D eigenvalue weighted by Crippen LogP contribution is 2.04. The van der Waals surface area contributed by atoms with E-state index in [0.29, 0.717) is 6.79 Å². The van der Waals surface area contributed by atoms with E-state index in [-0.39, 0.29) is 0 Å². The fourth-order valence-electron chi connectivity index (χ4n) is 1.43. The Bertz CT molecular complexity index is 144. The molecule has 0 aliphatic rings. The van der Waals surface area contributed by atoms with Crippen molar-refractivity contribution in [3.63, 3.8) is 0 Å². The lowest BCUT2D eigenvalue weighted by Crippen LogP contribution is -1.97. The topological polar surface area (TPSA) is 18.5 Å².